The van der Waals surface area contributed by atoms with Crippen molar-refractivity contribution in [3.63, 3.8) is 0 Å². The number of nitrogens with zero attached hydrogens (tertiary/aromatic N) is 1. The molecule has 6 nitrogen and oxygen atoms in total. The number of rotatable bonds is 6. The van der Waals surface area contributed by atoms with Crippen molar-refractivity contribution in [2.75, 3.05) is 7.05 Å². The molecule has 0 fully saturated rings. The van der Waals surface area contributed by atoms with Crippen LogP contribution in [0.1, 0.15) is 16.8 Å². The predicted molar refractivity (Wildman–Crippen MR) is 76.6 cm³/mol. The van der Waals surface area contributed by atoms with Crippen LogP contribution in [0.3, 0.4) is 0 Å². The van der Waals surface area contributed by atoms with Crippen molar-refractivity contribution < 1.29 is 8.42 Å². The van der Waals surface area contributed by atoms with Gasteiger partial charge >= 0.3 is 0 Å². The van der Waals surface area contributed by atoms with Crippen molar-refractivity contribution in [3.8, 4) is 0 Å². The van der Waals surface area contributed by atoms with Gasteiger partial charge in [-0.05, 0) is 37.2 Å². The van der Waals surface area contributed by atoms with Crippen LogP contribution in [0.5, 0.6) is 0 Å². The van der Waals surface area contributed by atoms with Crippen LogP contribution in [0, 0.1) is 6.92 Å². The summed E-state index contributed by atoms with van der Waals surface area (Å²) in [5, 5.41) is 3.03. The van der Waals surface area contributed by atoms with Crippen LogP contribution < -0.4 is 10.0 Å². The fraction of sp³-hybridized carbons (Fsp3) is 0.308. The SMILES string of the molecule is CNCc1cc(S(=O)(=O)NCc2cnc[nH]2)ccc1C. The second-order valence-corrected chi connectivity index (χ2v) is 6.29. The quantitative estimate of drug-likeness (QED) is 0.739. The molecule has 0 saturated carbocycles. The largest absolute Gasteiger partial charge is 0.347 e. The molecule has 3 N–H and O–H groups in total. The first-order valence-electron chi connectivity index (χ1n) is 6.24. The Morgan fingerprint density at radius 3 is 2.75 bits per heavy atom. The average molecular weight is 294 g/mol. The summed E-state index contributed by atoms with van der Waals surface area (Å²) in [5.41, 5.74) is 2.75. The normalized spacial score (nSPS) is 11.7. The van der Waals surface area contributed by atoms with Crippen molar-refractivity contribution in [2.24, 2.45) is 0 Å². The molecule has 20 heavy (non-hydrogen) atoms. The van der Waals surface area contributed by atoms with Crippen LogP contribution >= 0.6 is 0 Å². The molecule has 0 aliphatic rings. The molecule has 0 unspecified atom stereocenters. The minimum atomic E-state index is -3.52. The summed E-state index contributed by atoms with van der Waals surface area (Å²) >= 11 is 0. The Kier molecular flexibility index (Phi) is 4.53. The maximum absolute atomic E-state index is 12.2. The van der Waals surface area contributed by atoms with Gasteiger partial charge in [-0.2, -0.15) is 0 Å². The molecule has 0 bridgehead atoms. The number of hydrogen-bond donors (Lipinski definition) is 3. The zero-order chi connectivity index (χ0) is 14.6. The second-order valence-electron chi connectivity index (χ2n) is 4.52. The molecule has 0 aliphatic heterocycles. The summed E-state index contributed by atoms with van der Waals surface area (Å²) in [7, 11) is -1.69. The molecule has 0 atom stereocenters. The number of sulfonamides is 1. The van der Waals surface area contributed by atoms with Crippen molar-refractivity contribution in [2.45, 2.75) is 24.9 Å². The van der Waals surface area contributed by atoms with E-state index in [-0.39, 0.29) is 11.4 Å². The average Bonchev–Trinajstić information content (AvgIpc) is 2.92. The van der Waals surface area contributed by atoms with Gasteiger partial charge in [0.15, 0.2) is 0 Å². The molecule has 1 aromatic heterocycles. The summed E-state index contributed by atoms with van der Waals surface area (Å²) < 4.78 is 27.0. The van der Waals surface area contributed by atoms with Gasteiger partial charge in [-0.25, -0.2) is 18.1 Å². The minimum Gasteiger partial charge on any atom is -0.347 e. The van der Waals surface area contributed by atoms with Crippen LogP contribution in [0.25, 0.3) is 0 Å². The lowest BCUT2D eigenvalue weighted by atomic mass is 10.1. The van der Waals surface area contributed by atoms with E-state index in [9.17, 15) is 8.42 Å². The van der Waals surface area contributed by atoms with E-state index in [1.54, 1.807) is 18.3 Å². The standard InChI is InChI=1S/C13H18N4O2S/c1-10-3-4-13(5-11(10)6-14-2)20(18,19)17-8-12-7-15-9-16-12/h3-5,7,9,14,17H,6,8H2,1-2H3,(H,15,16). The molecule has 2 aromatic rings. The minimum absolute atomic E-state index is 0.192. The van der Waals surface area contributed by atoms with E-state index in [1.165, 1.54) is 6.33 Å². The molecule has 1 heterocycles. The molecule has 7 heteroatoms. The van der Waals surface area contributed by atoms with Crippen molar-refractivity contribution in [3.05, 3.63) is 47.5 Å². The fourth-order valence-corrected chi connectivity index (χ4v) is 2.89. The van der Waals surface area contributed by atoms with Crippen LogP contribution in [0.2, 0.25) is 0 Å². The molecule has 108 valence electrons. The Hall–Kier alpha value is -1.70. The van der Waals surface area contributed by atoms with Crippen LogP contribution in [0.15, 0.2) is 35.6 Å². The van der Waals surface area contributed by atoms with E-state index in [0.717, 1.165) is 16.8 Å². The topological polar surface area (TPSA) is 86.9 Å². The van der Waals surface area contributed by atoms with Crippen molar-refractivity contribution in [1.82, 2.24) is 20.0 Å². The maximum Gasteiger partial charge on any atom is 0.240 e. The Morgan fingerprint density at radius 2 is 2.10 bits per heavy atom. The van der Waals surface area contributed by atoms with Gasteiger partial charge in [0.2, 0.25) is 10.0 Å². The Labute approximate surface area is 118 Å². The Bertz CT molecular complexity index is 666. The summed E-state index contributed by atoms with van der Waals surface area (Å²) in [5.74, 6) is 0. The first kappa shape index (κ1) is 14.7. The van der Waals surface area contributed by atoms with Crippen molar-refractivity contribution in [1.29, 1.82) is 0 Å². The molecule has 1 aromatic carbocycles. The van der Waals surface area contributed by atoms with Crippen LogP contribution in [-0.4, -0.2) is 25.4 Å². The number of benzene rings is 1. The number of imidazole rings is 1. The monoisotopic (exact) mass is 294 g/mol. The number of aromatic nitrogens is 2. The molecular weight excluding hydrogens is 276 g/mol. The third-order valence-corrected chi connectivity index (χ3v) is 4.40. The highest BCUT2D eigenvalue weighted by Crippen LogP contribution is 2.15. The van der Waals surface area contributed by atoms with E-state index < -0.39 is 10.0 Å². The summed E-state index contributed by atoms with van der Waals surface area (Å²) in [6.45, 7) is 2.79. The molecule has 0 amide bonds. The van der Waals surface area contributed by atoms with Gasteiger partial charge in [0, 0.05) is 18.4 Å². The molecular formula is C13H18N4O2S. The number of aromatic amines is 1. The predicted octanol–water partition coefficient (Wildman–Crippen LogP) is 0.916. The van der Waals surface area contributed by atoms with E-state index >= 15 is 0 Å². The van der Waals surface area contributed by atoms with Gasteiger partial charge in [-0.3, -0.25) is 0 Å². The highest BCUT2D eigenvalue weighted by atomic mass is 32.2. The van der Waals surface area contributed by atoms with E-state index in [2.05, 4.69) is 20.0 Å². The molecule has 2 rings (SSSR count). The molecule has 0 saturated heterocycles. The fourth-order valence-electron chi connectivity index (χ4n) is 1.83. The third-order valence-electron chi connectivity index (χ3n) is 3.01. The lowest BCUT2D eigenvalue weighted by molar-refractivity contribution is 0.580. The highest BCUT2D eigenvalue weighted by Gasteiger charge is 2.15. The van der Waals surface area contributed by atoms with E-state index in [4.69, 9.17) is 0 Å². The number of hydrogen-bond acceptors (Lipinski definition) is 4. The first-order chi connectivity index (χ1) is 9.53. The van der Waals surface area contributed by atoms with Gasteiger partial charge < -0.3 is 10.3 Å². The lowest BCUT2D eigenvalue weighted by Crippen LogP contribution is -2.23. The van der Waals surface area contributed by atoms with Crippen LogP contribution in [-0.2, 0) is 23.1 Å². The zero-order valence-corrected chi connectivity index (χ0v) is 12.3. The maximum atomic E-state index is 12.2. The van der Waals surface area contributed by atoms with Crippen molar-refractivity contribution >= 4 is 10.0 Å². The molecule has 0 radical (unpaired) electrons. The second kappa shape index (κ2) is 6.17. The van der Waals surface area contributed by atoms with E-state index in [1.807, 2.05) is 20.0 Å². The lowest BCUT2D eigenvalue weighted by Gasteiger charge is -2.10. The summed E-state index contributed by atoms with van der Waals surface area (Å²) in [4.78, 5) is 6.97. The van der Waals surface area contributed by atoms with Gasteiger partial charge in [0.1, 0.15) is 0 Å². The van der Waals surface area contributed by atoms with Gasteiger partial charge in [-0.1, -0.05) is 6.07 Å². The van der Waals surface area contributed by atoms with Gasteiger partial charge in [-0.15, -0.1) is 0 Å². The van der Waals surface area contributed by atoms with Gasteiger partial charge in [0.05, 0.1) is 17.8 Å². The zero-order valence-electron chi connectivity index (χ0n) is 11.5. The number of nitrogens with one attached hydrogen (secondary N) is 3. The first-order valence-corrected chi connectivity index (χ1v) is 7.72. The summed E-state index contributed by atoms with van der Waals surface area (Å²) in [6.07, 6.45) is 3.10. The third kappa shape index (κ3) is 3.44. The number of aryl methyl sites for hydroxylation is 1. The Balaban J connectivity index is 2.18. The summed E-state index contributed by atoms with van der Waals surface area (Å²) in [6, 6.07) is 5.13. The smallest absolute Gasteiger partial charge is 0.240 e. The van der Waals surface area contributed by atoms with Crippen LogP contribution in [0.4, 0.5) is 0 Å². The number of H-pyrrole nitrogens is 1. The highest BCUT2D eigenvalue weighted by molar-refractivity contribution is 7.89. The molecule has 0 aliphatic carbocycles. The Morgan fingerprint density at radius 1 is 1.30 bits per heavy atom. The van der Waals surface area contributed by atoms with E-state index in [0.29, 0.717) is 6.54 Å². The molecule has 0 spiro atoms. The van der Waals surface area contributed by atoms with Gasteiger partial charge in [0.25, 0.3) is 0 Å².